The van der Waals surface area contributed by atoms with Crippen LogP contribution < -0.4 is 10.5 Å². The Morgan fingerprint density at radius 3 is 2.87 bits per heavy atom. The highest BCUT2D eigenvalue weighted by atomic mass is 35.5. The maximum Gasteiger partial charge on any atom is 0.263 e. The van der Waals surface area contributed by atoms with E-state index in [-0.39, 0.29) is 47.6 Å². The topological polar surface area (TPSA) is 75.0 Å². The molecule has 1 unspecified atom stereocenters. The summed E-state index contributed by atoms with van der Waals surface area (Å²) in [5.74, 6) is -1.57. The van der Waals surface area contributed by atoms with E-state index in [4.69, 9.17) is 11.6 Å². The zero-order chi connectivity index (χ0) is 21.7. The van der Waals surface area contributed by atoms with E-state index < -0.39 is 11.7 Å². The molecule has 0 spiro atoms. The SMILES string of the molecule is O=C(C1CC(=O)N(c2cc(F)ccc2Cl)C1)N1CCc2nc3ccccn3c(=O)c2C1. The van der Waals surface area contributed by atoms with Crippen LogP contribution in [0.1, 0.15) is 17.7 Å². The van der Waals surface area contributed by atoms with Gasteiger partial charge in [-0.15, -0.1) is 0 Å². The van der Waals surface area contributed by atoms with Crippen LogP contribution >= 0.6 is 11.6 Å². The number of carbonyl (C=O) groups excluding carboxylic acids is 2. The first-order chi connectivity index (χ1) is 14.9. The Kier molecular flexibility index (Phi) is 4.74. The van der Waals surface area contributed by atoms with E-state index in [1.807, 2.05) is 6.07 Å². The Morgan fingerprint density at radius 2 is 2.03 bits per heavy atom. The summed E-state index contributed by atoms with van der Waals surface area (Å²) in [6, 6.07) is 9.15. The largest absolute Gasteiger partial charge is 0.337 e. The van der Waals surface area contributed by atoms with Crippen molar-refractivity contribution < 1.29 is 14.0 Å². The third-order valence-corrected chi connectivity index (χ3v) is 6.19. The lowest BCUT2D eigenvalue weighted by molar-refractivity contribution is -0.136. The molecule has 158 valence electrons. The molecule has 2 aromatic heterocycles. The lowest BCUT2D eigenvalue weighted by Crippen LogP contribution is -2.43. The number of pyridine rings is 1. The highest BCUT2D eigenvalue weighted by Crippen LogP contribution is 2.33. The summed E-state index contributed by atoms with van der Waals surface area (Å²) in [6.45, 7) is 0.703. The van der Waals surface area contributed by atoms with Crippen molar-refractivity contribution in [1.82, 2.24) is 14.3 Å². The highest BCUT2D eigenvalue weighted by molar-refractivity contribution is 6.33. The van der Waals surface area contributed by atoms with Crippen LogP contribution in [0, 0.1) is 11.7 Å². The third-order valence-electron chi connectivity index (χ3n) is 5.87. The fraction of sp³-hybridized carbons (Fsp3) is 0.273. The first kappa shape index (κ1) is 19.7. The highest BCUT2D eigenvalue weighted by Gasteiger charge is 2.39. The number of halogens is 2. The molecule has 2 aliphatic rings. The molecule has 2 amide bonds. The van der Waals surface area contributed by atoms with Crippen molar-refractivity contribution in [3.63, 3.8) is 0 Å². The molecule has 2 aliphatic heterocycles. The molecule has 0 saturated carbocycles. The Morgan fingerprint density at radius 1 is 1.19 bits per heavy atom. The average molecular weight is 441 g/mol. The summed E-state index contributed by atoms with van der Waals surface area (Å²) < 4.78 is 15.1. The molecule has 5 rings (SSSR count). The average Bonchev–Trinajstić information content (AvgIpc) is 3.16. The Hall–Kier alpha value is -3.26. The zero-order valence-corrected chi connectivity index (χ0v) is 17.2. The summed E-state index contributed by atoms with van der Waals surface area (Å²) in [5, 5.41) is 0.251. The minimum Gasteiger partial charge on any atom is -0.337 e. The van der Waals surface area contributed by atoms with Gasteiger partial charge in [0.15, 0.2) is 0 Å². The number of nitrogens with zero attached hydrogens (tertiary/aromatic N) is 4. The van der Waals surface area contributed by atoms with Gasteiger partial charge >= 0.3 is 0 Å². The van der Waals surface area contributed by atoms with Crippen molar-refractivity contribution in [1.29, 1.82) is 0 Å². The van der Waals surface area contributed by atoms with E-state index in [0.717, 1.165) is 0 Å². The van der Waals surface area contributed by atoms with Crippen LogP contribution in [-0.4, -0.2) is 39.2 Å². The summed E-state index contributed by atoms with van der Waals surface area (Å²) in [7, 11) is 0. The van der Waals surface area contributed by atoms with Crippen LogP contribution in [0.25, 0.3) is 5.65 Å². The second-order valence-corrected chi connectivity index (χ2v) is 8.19. The number of fused-ring (bicyclic) bond motifs is 2. The molecule has 4 heterocycles. The number of hydrogen-bond acceptors (Lipinski definition) is 4. The summed E-state index contributed by atoms with van der Waals surface area (Å²) in [5.41, 5.74) is 1.86. The van der Waals surface area contributed by atoms with Gasteiger partial charge in [0.1, 0.15) is 11.5 Å². The predicted octanol–water partition coefficient (Wildman–Crippen LogP) is 2.42. The number of rotatable bonds is 2. The quantitative estimate of drug-likeness (QED) is 0.613. The fourth-order valence-electron chi connectivity index (χ4n) is 4.29. The van der Waals surface area contributed by atoms with Crippen LogP contribution in [0.3, 0.4) is 0 Å². The molecule has 0 bridgehead atoms. The summed E-state index contributed by atoms with van der Waals surface area (Å²) >= 11 is 6.14. The van der Waals surface area contributed by atoms with Gasteiger partial charge in [0, 0.05) is 32.1 Å². The van der Waals surface area contributed by atoms with Gasteiger partial charge in [-0.05, 0) is 30.3 Å². The van der Waals surface area contributed by atoms with Crippen molar-refractivity contribution in [2.75, 3.05) is 18.0 Å². The fourth-order valence-corrected chi connectivity index (χ4v) is 4.51. The zero-order valence-electron chi connectivity index (χ0n) is 16.4. The molecule has 1 saturated heterocycles. The van der Waals surface area contributed by atoms with E-state index in [1.54, 1.807) is 23.2 Å². The van der Waals surface area contributed by atoms with E-state index in [0.29, 0.717) is 29.9 Å². The standard InChI is InChI=1S/C22H18ClFN4O3/c23-16-5-4-14(24)10-18(16)28-11-13(9-20(28)29)21(30)26-8-6-17-15(12-26)22(31)27-7-2-1-3-19(27)25-17/h1-5,7,10,13H,6,8-9,11-12H2. The molecule has 31 heavy (non-hydrogen) atoms. The molecular formula is C22H18ClFN4O3. The summed E-state index contributed by atoms with van der Waals surface area (Å²) in [6.07, 6.45) is 2.15. The van der Waals surface area contributed by atoms with Gasteiger partial charge < -0.3 is 9.80 Å². The van der Waals surface area contributed by atoms with Gasteiger partial charge in [0.05, 0.1) is 34.4 Å². The van der Waals surface area contributed by atoms with Crippen LogP contribution in [-0.2, 0) is 22.6 Å². The van der Waals surface area contributed by atoms with Crippen LogP contribution in [0.15, 0.2) is 47.4 Å². The summed E-state index contributed by atoms with van der Waals surface area (Å²) in [4.78, 5) is 46.1. The van der Waals surface area contributed by atoms with Gasteiger partial charge in [-0.25, -0.2) is 9.37 Å². The molecule has 0 N–H and O–H groups in total. The number of hydrogen-bond donors (Lipinski definition) is 0. The third kappa shape index (κ3) is 3.37. The smallest absolute Gasteiger partial charge is 0.263 e. The van der Waals surface area contributed by atoms with Crippen LogP contribution in [0.4, 0.5) is 10.1 Å². The second kappa shape index (κ2) is 7.46. The van der Waals surface area contributed by atoms with E-state index in [1.165, 1.54) is 27.5 Å². The first-order valence-corrected chi connectivity index (χ1v) is 10.3. The normalized spacial score (nSPS) is 18.5. The van der Waals surface area contributed by atoms with E-state index in [2.05, 4.69) is 4.98 Å². The molecular weight excluding hydrogens is 423 g/mol. The van der Waals surface area contributed by atoms with Gasteiger partial charge in [0.2, 0.25) is 11.8 Å². The Bertz CT molecular complexity index is 1290. The molecule has 1 atom stereocenters. The molecule has 1 aromatic carbocycles. The number of anilines is 1. The minimum absolute atomic E-state index is 0.0178. The molecule has 7 nitrogen and oxygen atoms in total. The van der Waals surface area contributed by atoms with Gasteiger partial charge in [-0.3, -0.25) is 18.8 Å². The molecule has 3 aromatic rings. The monoisotopic (exact) mass is 440 g/mol. The molecule has 0 aliphatic carbocycles. The Labute approximate surface area is 181 Å². The maximum absolute atomic E-state index is 13.7. The number of carbonyl (C=O) groups is 2. The first-order valence-electron chi connectivity index (χ1n) is 9.96. The molecule has 0 radical (unpaired) electrons. The Balaban J connectivity index is 1.38. The van der Waals surface area contributed by atoms with Crippen molar-refractivity contribution in [3.8, 4) is 0 Å². The van der Waals surface area contributed by atoms with Crippen molar-refractivity contribution in [3.05, 3.63) is 75.0 Å². The molecule has 1 fully saturated rings. The van der Waals surface area contributed by atoms with Gasteiger partial charge in [-0.2, -0.15) is 0 Å². The van der Waals surface area contributed by atoms with Crippen LogP contribution in [0.5, 0.6) is 0 Å². The minimum atomic E-state index is -0.579. The van der Waals surface area contributed by atoms with E-state index >= 15 is 0 Å². The second-order valence-electron chi connectivity index (χ2n) is 7.78. The van der Waals surface area contributed by atoms with Gasteiger partial charge in [-0.1, -0.05) is 17.7 Å². The molecule has 9 heteroatoms. The van der Waals surface area contributed by atoms with E-state index in [9.17, 15) is 18.8 Å². The number of benzene rings is 1. The lowest BCUT2D eigenvalue weighted by atomic mass is 10.0. The van der Waals surface area contributed by atoms with Crippen molar-refractivity contribution in [2.45, 2.75) is 19.4 Å². The number of amides is 2. The predicted molar refractivity (Wildman–Crippen MR) is 112 cm³/mol. The van der Waals surface area contributed by atoms with Crippen LogP contribution in [0.2, 0.25) is 5.02 Å². The lowest BCUT2D eigenvalue weighted by Gasteiger charge is -2.30. The maximum atomic E-state index is 13.7. The number of aromatic nitrogens is 2. The van der Waals surface area contributed by atoms with Crippen molar-refractivity contribution in [2.24, 2.45) is 5.92 Å². The van der Waals surface area contributed by atoms with Gasteiger partial charge in [0.25, 0.3) is 5.56 Å². The van der Waals surface area contributed by atoms with Crippen molar-refractivity contribution >= 4 is 34.7 Å².